The topological polar surface area (TPSA) is 38.1 Å². The third-order valence-corrected chi connectivity index (χ3v) is 4.26. The fraction of sp³-hybridized carbons (Fsp3) is 0.750. The molecule has 1 aromatic rings. The second-order valence-corrected chi connectivity index (χ2v) is 5.79. The van der Waals surface area contributed by atoms with E-state index in [1.807, 2.05) is 23.6 Å². The number of carbonyl (C=O) groups is 1. The normalized spacial score (nSPS) is 16.6. The average molecular weight is 277 g/mol. The summed E-state index contributed by atoms with van der Waals surface area (Å²) in [5.74, 6) is 0.352. The van der Waals surface area contributed by atoms with Crippen molar-refractivity contribution in [1.29, 1.82) is 0 Å². The molecule has 1 aliphatic heterocycles. The monoisotopic (exact) mass is 277 g/mol. The Kier molecular flexibility index (Phi) is 6.09. The summed E-state index contributed by atoms with van der Waals surface area (Å²) in [6.07, 6.45) is 14.7. The first kappa shape index (κ1) is 15.1. The summed E-state index contributed by atoms with van der Waals surface area (Å²) in [7, 11) is 0. The number of nitrogens with zero attached hydrogens (tertiary/aromatic N) is 3. The zero-order valence-electron chi connectivity index (χ0n) is 12.6. The number of amides is 1. The predicted octanol–water partition coefficient (Wildman–Crippen LogP) is 3.41. The molecule has 0 saturated carbocycles. The zero-order valence-corrected chi connectivity index (χ0v) is 12.6. The third-order valence-electron chi connectivity index (χ3n) is 4.26. The molecule has 0 bridgehead atoms. The van der Waals surface area contributed by atoms with Crippen LogP contribution in [-0.4, -0.2) is 33.4 Å². The lowest BCUT2D eigenvalue weighted by Gasteiger charge is -2.32. The van der Waals surface area contributed by atoms with Crippen molar-refractivity contribution in [2.45, 2.75) is 64.3 Å². The fourth-order valence-corrected chi connectivity index (χ4v) is 2.94. The Hall–Kier alpha value is -1.32. The molecule has 0 spiro atoms. The molecule has 2 heterocycles. The van der Waals surface area contributed by atoms with Crippen molar-refractivity contribution < 1.29 is 4.79 Å². The summed E-state index contributed by atoms with van der Waals surface area (Å²) >= 11 is 0. The second kappa shape index (κ2) is 8.08. The van der Waals surface area contributed by atoms with Gasteiger partial charge in [-0.3, -0.25) is 4.79 Å². The SMILES string of the molecule is CCCCCCCC(=O)N1CCC(n2ccnc2)CC1. The molecular weight excluding hydrogens is 250 g/mol. The van der Waals surface area contributed by atoms with Gasteiger partial charge in [0, 0.05) is 37.9 Å². The first-order chi connectivity index (χ1) is 9.81. The summed E-state index contributed by atoms with van der Waals surface area (Å²) in [5, 5.41) is 0. The zero-order chi connectivity index (χ0) is 14.2. The van der Waals surface area contributed by atoms with Crippen LogP contribution >= 0.6 is 0 Å². The van der Waals surface area contributed by atoms with Crippen molar-refractivity contribution in [2.24, 2.45) is 0 Å². The van der Waals surface area contributed by atoms with Gasteiger partial charge in [-0.15, -0.1) is 0 Å². The van der Waals surface area contributed by atoms with Gasteiger partial charge in [-0.25, -0.2) is 4.98 Å². The summed E-state index contributed by atoms with van der Waals surface area (Å²) in [6, 6.07) is 0.520. The summed E-state index contributed by atoms with van der Waals surface area (Å²) < 4.78 is 2.17. The summed E-state index contributed by atoms with van der Waals surface area (Å²) in [5.41, 5.74) is 0. The molecule has 1 aliphatic rings. The molecule has 1 aromatic heterocycles. The second-order valence-electron chi connectivity index (χ2n) is 5.79. The van der Waals surface area contributed by atoms with Crippen LogP contribution in [0.25, 0.3) is 0 Å². The van der Waals surface area contributed by atoms with E-state index in [9.17, 15) is 4.79 Å². The van der Waals surface area contributed by atoms with Crippen molar-refractivity contribution in [1.82, 2.24) is 14.5 Å². The number of aromatic nitrogens is 2. The first-order valence-electron chi connectivity index (χ1n) is 8.06. The Bertz CT molecular complexity index is 380. The Balaban J connectivity index is 1.64. The smallest absolute Gasteiger partial charge is 0.222 e. The van der Waals surface area contributed by atoms with Crippen LogP contribution in [0.4, 0.5) is 0 Å². The van der Waals surface area contributed by atoms with Gasteiger partial charge in [0.2, 0.25) is 5.91 Å². The Morgan fingerprint density at radius 2 is 1.95 bits per heavy atom. The van der Waals surface area contributed by atoms with E-state index in [0.29, 0.717) is 11.9 Å². The van der Waals surface area contributed by atoms with E-state index in [-0.39, 0.29) is 0 Å². The Labute approximate surface area is 122 Å². The van der Waals surface area contributed by atoms with E-state index >= 15 is 0 Å². The van der Waals surface area contributed by atoms with Crippen LogP contribution in [0.2, 0.25) is 0 Å². The molecule has 0 atom stereocenters. The van der Waals surface area contributed by atoms with Gasteiger partial charge < -0.3 is 9.47 Å². The van der Waals surface area contributed by atoms with Crippen molar-refractivity contribution in [2.75, 3.05) is 13.1 Å². The number of unbranched alkanes of at least 4 members (excludes halogenated alkanes) is 4. The highest BCUT2D eigenvalue weighted by Crippen LogP contribution is 2.22. The Morgan fingerprint density at radius 3 is 2.60 bits per heavy atom. The largest absolute Gasteiger partial charge is 0.343 e. The van der Waals surface area contributed by atoms with Gasteiger partial charge >= 0.3 is 0 Å². The predicted molar refractivity (Wildman–Crippen MR) is 80.5 cm³/mol. The number of hydrogen-bond acceptors (Lipinski definition) is 2. The van der Waals surface area contributed by atoms with Gasteiger partial charge in [-0.2, -0.15) is 0 Å². The minimum absolute atomic E-state index is 0.352. The maximum atomic E-state index is 12.1. The highest BCUT2D eigenvalue weighted by molar-refractivity contribution is 5.76. The molecule has 112 valence electrons. The van der Waals surface area contributed by atoms with Crippen LogP contribution in [0.15, 0.2) is 18.7 Å². The molecule has 1 fully saturated rings. The quantitative estimate of drug-likeness (QED) is 0.716. The van der Waals surface area contributed by atoms with E-state index in [1.54, 1.807) is 0 Å². The minimum Gasteiger partial charge on any atom is -0.343 e. The van der Waals surface area contributed by atoms with Gasteiger partial charge in [-0.1, -0.05) is 32.6 Å². The van der Waals surface area contributed by atoms with Gasteiger partial charge in [0.25, 0.3) is 0 Å². The molecular formula is C16H27N3O. The lowest BCUT2D eigenvalue weighted by molar-refractivity contribution is -0.132. The molecule has 20 heavy (non-hydrogen) atoms. The van der Waals surface area contributed by atoms with E-state index in [1.165, 1.54) is 25.7 Å². The number of rotatable bonds is 7. The van der Waals surface area contributed by atoms with Gasteiger partial charge in [-0.05, 0) is 19.3 Å². The van der Waals surface area contributed by atoms with Crippen LogP contribution in [0, 0.1) is 0 Å². The molecule has 0 aromatic carbocycles. The first-order valence-corrected chi connectivity index (χ1v) is 8.06. The van der Waals surface area contributed by atoms with E-state index in [4.69, 9.17) is 0 Å². The maximum Gasteiger partial charge on any atom is 0.222 e. The molecule has 1 amide bonds. The summed E-state index contributed by atoms with van der Waals surface area (Å²) in [4.78, 5) is 18.3. The molecule has 4 heteroatoms. The van der Waals surface area contributed by atoms with Crippen molar-refractivity contribution in [3.63, 3.8) is 0 Å². The number of piperidine rings is 1. The van der Waals surface area contributed by atoms with Gasteiger partial charge in [0.05, 0.1) is 6.33 Å². The molecule has 1 saturated heterocycles. The van der Waals surface area contributed by atoms with Gasteiger partial charge in [0.1, 0.15) is 0 Å². The highest BCUT2D eigenvalue weighted by atomic mass is 16.2. The van der Waals surface area contributed by atoms with Crippen molar-refractivity contribution in [3.05, 3.63) is 18.7 Å². The number of imidazole rings is 1. The fourth-order valence-electron chi connectivity index (χ4n) is 2.94. The molecule has 4 nitrogen and oxygen atoms in total. The van der Waals surface area contributed by atoms with Crippen molar-refractivity contribution in [3.8, 4) is 0 Å². The lowest BCUT2D eigenvalue weighted by atomic mass is 10.0. The molecule has 0 aliphatic carbocycles. The van der Waals surface area contributed by atoms with Crippen LogP contribution in [0.5, 0.6) is 0 Å². The third kappa shape index (κ3) is 4.36. The maximum absolute atomic E-state index is 12.1. The average Bonchev–Trinajstić information content (AvgIpc) is 3.01. The number of carbonyl (C=O) groups excluding carboxylic acids is 1. The lowest BCUT2D eigenvalue weighted by Crippen LogP contribution is -2.38. The van der Waals surface area contributed by atoms with Crippen LogP contribution in [0.1, 0.15) is 64.3 Å². The molecule has 0 radical (unpaired) electrons. The van der Waals surface area contributed by atoms with Crippen LogP contribution < -0.4 is 0 Å². The minimum atomic E-state index is 0.352. The van der Waals surface area contributed by atoms with Gasteiger partial charge in [0.15, 0.2) is 0 Å². The van der Waals surface area contributed by atoms with E-state index in [0.717, 1.165) is 38.8 Å². The molecule has 0 unspecified atom stereocenters. The standard InChI is InChI=1S/C16H27N3O/c1-2-3-4-5-6-7-16(20)18-11-8-15(9-12-18)19-13-10-17-14-19/h10,13-15H,2-9,11-12H2,1H3. The van der Waals surface area contributed by atoms with Crippen LogP contribution in [-0.2, 0) is 4.79 Å². The highest BCUT2D eigenvalue weighted by Gasteiger charge is 2.22. The Morgan fingerprint density at radius 1 is 1.20 bits per heavy atom. The molecule has 2 rings (SSSR count). The number of hydrogen-bond donors (Lipinski definition) is 0. The van der Waals surface area contributed by atoms with E-state index < -0.39 is 0 Å². The molecule has 0 N–H and O–H groups in total. The summed E-state index contributed by atoms with van der Waals surface area (Å²) in [6.45, 7) is 4.02. The number of likely N-dealkylation sites (tertiary alicyclic amines) is 1. The van der Waals surface area contributed by atoms with Crippen molar-refractivity contribution >= 4 is 5.91 Å². The van der Waals surface area contributed by atoms with Crippen LogP contribution in [0.3, 0.4) is 0 Å². The van der Waals surface area contributed by atoms with E-state index in [2.05, 4.69) is 16.5 Å².